The van der Waals surface area contributed by atoms with E-state index >= 15 is 0 Å². The van der Waals surface area contributed by atoms with Crippen molar-refractivity contribution in [3.05, 3.63) is 94.9 Å². The molecule has 184 valence electrons. The van der Waals surface area contributed by atoms with Crippen LogP contribution in [0.3, 0.4) is 0 Å². The average molecular weight is 491 g/mol. The zero-order valence-electron chi connectivity index (χ0n) is 20.4. The summed E-state index contributed by atoms with van der Waals surface area (Å²) >= 11 is 0. The Morgan fingerprint density at radius 3 is 2.49 bits per heavy atom. The highest BCUT2D eigenvalue weighted by Gasteiger charge is 2.24. The van der Waals surface area contributed by atoms with E-state index in [1.165, 1.54) is 16.5 Å². The van der Waals surface area contributed by atoms with E-state index in [9.17, 15) is 4.79 Å². The summed E-state index contributed by atoms with van der Waals surface area (Å²) in [4.78, 5) is 17.6. The Kier molecular flexibility index (Phi) is 5.98. The number of aromatic nitrogens is 5. The van der Waals surface area contributed by atoms with Gasteiger partial charge < -0.3 is 15.0 Å². The molecule has 2 aromatic carbocycles. The molecule has 0 spiro atoms. The number of benzene rings is 2. The van der Waals surface area contributed by atoms with Gasteiger partial charge in [0, 0.05) is 17.3 Å². The van der Waals surface area contributed by atoms with E-state index in [1.54, 1.807) is 19.4 Å². The largest absolute Gasteiger partial charge is 0.497 e. The molecule has 8 nitrogen and oxygen atoms in total. The van der Waals surface area contributed by atoms with Crippen molar-refractivity contribution in [1.29, 1.82) is 0 Å². The number of fused-ring (bicyclic) bond motifs is 1. The molecule has 3 heterocycles. The molecule has 1 aliphatic rings. The molecule has 6 rings (SSSR count). The Morgan fingerprint density at radius 1 is 0.946 bits per heavy atom. The van der Waals surface area contributed by atoms with Crippen molar-refractivity contribution in [2.45, 2.75) is 25.7 Å². The fourth-order valence-corrected chi connectivity index (χ4v) is 4.86. The highest BCUT2D eigenvalue weighted by molar-refractivity contribution is 5.89. The van der Waals surface area contributed by atoms with Crippen LogP contribution in [0.25, 0.3) is 33.6 Å². The van der Waals surface area contributed by atoms with Gasteiger partial charge >= 0.3 is 0 Å². The summed E-state index contributed by atoms with van der Waals surface area (Å²) in [7, 11) is 1.62. The predicted octanol–water partition coefficient (Wildman–Crippen LogP) is 5.86. The number of nitrogens with zero attached hydrogens (tertiary/aromatic N) is 4. The molecule has 0 amide bonds. The second kappa shape index (κ2) is 9.73. The molecule has 5 aromatic rings. The molecule has 0 radical (unpaired) electrons. The summed E-state index contributed by atoms with van der Waals surface area (Å²) in [6, 6.07) is 21.0. The van der Waals surface area contributed by atoms with Crippen LogP contribution < -0.4 is 15.6 Å². The van der Waals surface area contributed by atoms with Gasteiger partial charge in [0.05, 0.1) is 12.7 Å². The third-order valence-corrected chi connectivity index (χ3v) is 6.65. The standard InChI is InChI=1S/C29H26N6O2/c1-37-22-16-14-20(15-17-22)25-27(31-23-13-8-18-30-33-23)32-28-24(19-9-4-2-5-10-19)26(34-35(28)29(25)36)21-11-6-3-7-12-21/h3,6-9,11-18,32H,2,4-5,10H2,1H3,(H,31,33). The number of anilines is 2. The van der Waals surface area contributed by atoms with Gasteiger partial charge in [0.2, 0.25) is 0 Å². The van der Waals surface area contributed by atoms with Gasteiger partial charge in [-0.1, -0.05) is 48.5 Å². The summed E-state index contributed by atoms with van der Waals surface area (Å²) in [5.41, 5.74) is 5.53. The van der Waals surface area contributed by atoms with E-state index in [-0.39, 0.29) is 5.56 Å². The van der Waals surface area contributed by atoms with Crippen LogP contribution >= 0.6 is 0 Å². The first-order valence-corrected chi connectivity index (χ1v) is 12.4. The number of ether oxygens (including phenoxy) is 1. The molecule has 0 saturated heterocycles. The van der Waals surface area contributed by atoms with E-state index < -0.39 is 0 Å². The number of aromatic amines is 1. The van der Waals surface area contributed by atoms with Crippen molar-refractivity contribution in [1.82, 2.24) is 24.8 Å². The topological polar surface area (TPSA) is 97.2 Å². The summed E-state index contributed by atoms with van der Waals surface area (Å²) in [5.74, 6) is 1.76. The maximum atomic E-state index is 14.1. The molecule has 0 unspecified atom stereocenters. The second-order valence-corrected chi connectivity index (χ2v) is 8.97. The SMILES string of the molecule is COc1ccc(-c2c(Nc3cccnn3)[nH]c3c(C4=CCCCC4)c(-c4ccccc4)nn3c2=O)cc1. The number of hydrogen-bond acceptors (Lipinski definition) is 6. The Labute approximate surface area is 213 Å². The summed E-state index contributed by atoms with van der Waals surface area (Å²) in [5, 5.41) is 16.3. The van der Waals surface area contributed by atoms with Gasteiger partial charge in [-0.2, -0.15) is 14.7 Å². The average Bonchev–Trinajstić information content (AvgIpc) is 3.35. The Morgan fingerprint density at radius 2 is 1.78 bits per heavy atom. The highest BCUT2D eigenvalue weighted by atomic mass is 16.5. The molecule has 8 heteroatoms. The molecule has 0 atom stereocenters. The van der Waals surface area contributed by atoms with Gasteiger partial charge in [0.1, 0.15) is 22.9 Å². The Bertz CT molecular complexity index is 1640. The fourth-order valence-electron chi connectivity index (χ4n) is 4.86. The lowest BCUT2D eigenvalue weighted by molar-refractivity contribution is 0.415. The predicted molar refractivity (Wildman–Crippen MR) is 145 cm³/mol. The van der Waals surface area contributed by atoms with Gasteiger partial charge in [-0.25, -0.2) is 0 Å². The van der Waals surface area contributed by atoms with Gasteiger partial charge in [-0.3, -0.25) is 4.79 Å². The normalized spacial score (nSPS) is 13.4. The van der Waals surface area contributed by atoms with Crippen molar-refractivity contribution < 1.29 is 4.74 Å². The molecule has 0 saturated carbocycles. The van der Waals surface area contributed by atoms with Crippen LogP contribution in [-0.2, 0) is 0 Å². The van der Waals surface area contributed by atoms with Crippen LogP contribution in [0.4, 0.5) is 11.6 Å². The summed E-state index contributed by atoms with van der Waals surface area (Å²) < 4.78 is 6.82. The minimum Gasteiger partial charge on any atom is -0.497 e. The molecule has 2 N–H and O–H groups in total. The van der Waals surface area contributed by atoms with Gasteiger partial charge in [0.25, 0.3) is 5.56 Å². The minimum absolute atomic E-state index is 0.231. The van der Waals surface area contributed by atoms with Gasteiger partial charge in [0.15, 0.2) is 5.82 Å². The van der Waals surface area contributed by atoms with Crippen LogP contribution in [0.15, 0.2) is 83.8 Å². The lowest BCUT2D eigenvalue weighted by Gasteiger charge is -2.15. The lowest BCUT2D eigenvalue weighted by Crippen LogP contribution is -2.20. The Balaban J connectivity index is 1.65. The lowest BCUT2D eigenvalue weighted by atomic mass is 9.92. The monoisotopic (exact) mass is 490 g/mol. The van der Waals surface area contributed by atoms with E-state index in [1.807, 2.05) is 60.7 Å². The highest BCUT2D eigenvalue weighted by Crippen LogP contribution is 2.37. The zero-order chi connectivity index (χ0) is 25.2. The molecule has 3 aromatic heterocycles. The summed E-state index contributed by atoms with van der Waals surface area (Å²) in [6.07, 6.45) is 8.12. The Hall–Kier alpha value is -4.72. The summed E-state index contributed by atoms with van der Waals surface area (Å²) in [6.45, 7) is 0. The van der Waals surface area contributed by atoms with E-state index in [4.69, 9.17) is 9.84 Å². The number of rotatable bonds is 6. The van der Waals surface area contributed by atoms with Crippen LogP contribution in [-0.4, -0.2) is 31.9 Å². The van der Waals surface area contributed by atoms with Crippen molar-refractivity contribution in [3.63, 3.8) is 0 Å². The first kappa shape index (κ1) is 22.7. The second-order valence-electron chi connectivity index (χ2n) is 8.97. The van der Waals surface area contributed by atoms with E-state index in [0.29, 0.717) is 28.6 Å². The number of allylic oxidation sites excluding steroid dienone is 2. The van der Waals surface area contributed by atoms with Crippen LogP contribution in [0, 0.1) is 0 Å². The zero-order valence-corrected chi connectivity index (χ0v) is 20.4. The maximum Gasteiger partial charge on any atom is 0.284 e. The third-order valence-electron chi connectivity index (χ3n) is 6.65. The van der Waals surface area contributed by atoms with Crippen LogP contribution in [0.1, 0.15) is 31.2 Å². The molecule has 0 fully saturated rings. The van der Waals surface area contributed by atoms with Crippen molar-refractivity contribution in [2.75, 3.05) is 12.4 Å². The number of methoxy groups -OCH3 is 1. The number of H-pyrrole nitrogens is 1. The molecule has 0 bridgehead atoms. The van der Waals surface area contributed by atoms with Crippen molar-refractivity contribution in [2.24, 2.45) is 0 Å². The van der Waals surface area contributed by atoms with E-state index in [2.05, 4.69) is 26.6 Å². The quantitative estimate of drug-likeness (QED) is 0.310. The number of nitrogens with one attached hydrogen (secondary N) is 2. The van der Waals surface area contributed by atoms with E-state index in [0.717, 1.165) is 41.6 Å². The fraction of sp³-hybridized carbons (Fsp3) is 0.172. The smallest absolute Gasteiger partial charge is 0.284 e. The minimum atomic E-state index is -0.231. The van der Waals surface area contributed by atoms with Gasteiger partial charge in [-0.15, -0.1) is 5.10 Å². The first-order chi connectivity index (χ1) is 18.2. The third kappa shape index (κ3) is 4.27. The molecule has 1 aliphatic carbocycles. The maximum absolute atomic E-state index is 14.1. The van der Waals surface area contributed by atoms with Crippen LogP contribution in [0.2, 0.25) is 0 Å². The molecular formula is C29H26N6O2. The van der Waals surface area contributed by atoms with Crippen molar-refractivity contribution in [3.8, 4) is 28.1 Å². The van der Waals surface area contributed by atoms with Crippen LogP contribution in [0.5, 0.6) is 5.75 Å². The molecular weight excluding hydrogens is 464 g/mol. The number of hydrogen-bond donors (Lipinski definition) is 2. The first-order valence-electron chi connectivity index (χ1n) is 12.4. The van der Waals surface area contributed by atoms with Crippen molar-refractivity contribution >= 4 is 22.9 Å². The molecule has 0 aliphatic heterocycles. The van der Waals surface area contributed by atoms with Gasteiger partial charge in [-0.05, 0) is 61.1 Å². The molecule has 37 heavy (non-hydrogen) atoms.